The second-order valence-corrected chi connectivity index (χ2v) is 3.86. The molecule has 0 spiro atoms. The first-order chi connectivity index (χ1) is 6.25. The number of hydrogen-bond donors (Lipinski definition) is 0. The molecule has 0 amide bonds. The summed E-state index contributed by atoms with van der Waals surface area (Å²) in [4.78, 5) is 10.3. The van der Waals surface area contributed by atoms with Crippen LogP contribution in [-0.2, 0) is 0 Å². The van der Waals surface area contributed by atoms with Gasteiger partial charge in [0.15, 0.2) is 0 Å². The highest BCUT2D eigenvalue weighted by Crippen LogP contribution is 2.21. The quantitative estimate of drug-likeness (QED) is 0.645. The van der Waals surface area contributed by atoms with E-state index < -0.39 is 0 Å². The minimum absolute atomic E-state index is 0.331. The van der Waals surface area contributed by atoms with Gasteiger partial charge in [-0.1, -0.05) is 6.92 Å². The van der Waals surface area contributed by atoms with Gasteiger partial charge in [-0.05, 0) is 30.0 Å². The van der Waals surface area contributed by atoms with E-state index in [-0.39, 0.29) is 0 Å². The molecule has 1 aromatic rings. The first-order valence-electron chi connectivity index (χ1n) is 4.49. The van der Waals surface area contributed by atoms with Crippen LogP contribution in [0.4, 0.5) is 5.82 Å². The molecule has 1 aliphatic heterocycles. The predicted molar refractivity (Wildman–Crippen MR) is 53.0 cm³/mol. The molecule has 2 heterocycles. The first-order valence-corrected chi connectivity index (χ1v) is 4.87. The van der Waals surface area contributed by atoms with Gasteiger partial charge in [0.1, 0.15) is 5.82 Å². The van der Waals surface area contributed by atoms with Gasteiger partial charge in [-0.15, -0.1) is 0 Å². The Morgan fingerprint density at radius 2 is 2.46 bits per heavy atom. The molecular formula is C9H12ClN3. The van der Waals surface area contributed by atoms with Gasteiger partial charge < -0.3 is 4.90 Å². The number of nitrogens with zero attached hydrogens (tertiary/aromatic N) is 3. The van der Waals surface area contributed by atoms with Crippen molar-refractivity contribution in [1.29, 1.82) is 0 Å². The van der Waals surface area contributed by atoms with Gasteiger partial charge in [0, 0.05) is 19.3 Å². The maximum atomic E-state index is 5.71. The van der Waals surface area contributed by atoms with Crippen molar-refractivity contribution in [2.24, 2.45) is 5.92 Å². The van der Waals surface area contributed by atoms with E-state index in [0.717, 1.165) is 24.8 Å². The summed E-state index contributed by atoms with van der Waals surface area (Å²) >= 11 is 5.71. The lowest BCUT2D eigenvalue weighted by Crippen LogP contribution is -2.20. The van der Waals surface area contributed by atoms with E-state index >= 15 is 0 Å². The number of aromatic nitrogens is 2. The molecule has 0 N–H and O–H groups in total. The van der Waals surface area contributed by atoms with Gasteiger partial charge >= 0.3 is 0 Å². The maximum Gasteiger partial charge on any atom is 0.224 e. The largest absolute Gasteiger partial charge is 0.356 e. The molecule has 2 rings (SSSR count). The average Bonchev–Trinajstić information content (AvgIpc) is 2.52. The van der Waals surface area contributed by atoms with Crippen LogP contribution in [0.25, 0.3) is 0 Å². The van der Waals surface area contributed by atoms with E-state index in [1.165, 1.54) is 6.42 Å². The van der Waals surface area contributed by atoms with Crippen LogP contribution >= 0.6 is 11.6 Å². The molecule has 1 saturated heterocycles. The van der Waals surface area contributed by atoms with E-state index in [2.05, 4.69) is 21.8 Å². The van der Waals surface area contributed by atoms with Gasteiger partial charge in [0.2, 0.25) is 5.28 Å². The summed E-state index contributed by atoms with van der Waals surface area (Å²) in [7, 11) is 0. The molecule has 0 aromatic carbocycles. The number of rotatable bonds is 1. The number of halogens is 1. The van der Waals surface area contributed by atoms with E-state index in [0.29, 0.717) is 5.28 Å². The third kappa shape index (κ3) is 1.91. The van der Waals surface area contributed by atoms with Crippen LogP contribution in [0.1, 0.15) is 13.3 Å². The van der Waals surface area contributed by atoms with Crippen molar-refractivity contribution in [3.8, 4) is 0 Å². The van der Waals surface area contributed by atoms with Crippen LogP contribution in [0.3, 0.4) is 0 Å². The van der Waals surface area contributed by atoms with E-state index in [4.69, 9.17) is 11.6 Å². The summed E-state index contributed by atoms with van der Waals surface area (Å²) < 4.78 is 0. The fourth-order valence-electron chi connectivity index (χ4n) is 1.65. The van der Waals surface area contributed by atoms with E-state index in [1.807, 2.05) is 6.07 Å². The first kappa shape index (κ1) is 8.75. The lowest BCUT2D eigenvalue weighted by atomic mass is 10.2. The van der Waals surface area contributed by atoms with E-state index in [9.17, 15) is 0 Å². The van der Waals surface area contributed by atoms with Crippen molar-refractivity contribution in [2.45, 2.75) is 13.3 Å². The summed E-state index contributed by atoms with van der Waals surface area (Å²) in [5.41, 5.74) is 0. The van der Waals surface area contributed by atoms with Gasteiger partial charge in [-0.3, -0.25) is 0 Å². The summed E-state index contributed by atoms with van der Waals surface area (Å²) in [5, 5.41) is 0.331. The van der Waals surface area contributed by atoms with Gasteiger partial charge in [-0.2, -0.15) is 0 Å². The molecule has 1 atom stereocenters. The van der Waals surface area contributed by atoms with Gasteiger partial charge in [-0.25, -0.2) is 9.97 Å². The lowest BCUT2D eigenvalue weighted by Gasteiger charge is -2.16. The Bertz CT molecular complexity index is 303. The zero-order valence-electron chi connectivity index (χ0n) is 7.57. The van der Waals surface area contributed by atoms with Crippen molar-refractivity contribution >= 4 is 17.4 Å². The van der Waals surface area contributed by atoms with Gasteiger partial charge in [0.25, 0.3) is 0 Å². The molecule has 1 aromatic heterocycles. The molecule has 1 fully saturated rings. The predicted octanol–water partition coefficient (Wildman–Crippen LogP) is 1.98. The second kappa shape index (κ2) is 3.50. The Morgan fingerprint density at radius 1 is 1.62 bits per heavy atom. The molecule has 0 aliphatic carbocycles. The van der Waals surface area contributed by atoms with Crippen LogP contribution in [0.15, 0.2) is 12.3 Å². The Kier molecular flexibility index (Phi) is 2.36. The molecule has 0 bridgehead atoms. The van der Waals surface area contributed by atoms with Crippen LogP contribution in [0, 0.1) is 5.92 Å². The van der Waals surface area contributed by atoms with Gasteiger partial charge in [0.05, 0.1) is 0 Å². The monoisotopic (exact) mass is 197 g/mol. The van der Waals surface area contributed by atoms with Crippen LogP contribution in [0.2, 0.25) is 5.28 Å². The molecule has 1 aliphatic rings. The molecule has 70 valence electrons. The Balaban J connectivity index is 2.16. The fraction of sp³-hybridized carbons (Fsp3) is 0.556. The van der Waals surface area contributed by atoms with Crippen LogP contribution in [0.5, 0.6) is 0 Å². The van der Waals surface area contributed by atoms with Crippen molar-refractivity contribution in [3.05, 3.63) is 17.5 Å². The highest BCUT2D eigenvalue weighted by atomic mass is 35.5. The van der Waals surface area contributed by atoms with Crippen molar-refractivity contribution in [3.63, 3.8) is 0 Å². The van der Waals surface area contributed by atoms with Crippen LogP contribution < -0.4 is 4.90 Å². The smallest absolute Gasteiger partial charge is 0.224 e. The fourth-order valence-corrected chi connectivity index (χ4v) is 1.79. The second-order valence-electron chi connectivity index (χ2n) is 3.52. The summed E-state index contributed by atoms with van der Waals surface area (Å²) in [6.45, 7) is 4.41. The average molecular weight is 198 g/mol. The lowest BCUT2D eigenvalue weighted by molar-refractivity contribution is 0.659. The van der Waals surface area contributed by atoms with Crippen LogP contribution in [-0.4, -0.2) is 23.1 Å². The SMILES string of the molecule is CC1CCN(c2ccnc(Cl)n2)C1. The number of anilines is 1. The zero-order valence-corrected chi connectivity index (χ0v) is 8.33. The molecule has 1 unspecified atom stereocenters. The molecule has 13 heavy (non-hydrogen) atoms. The zero-order chi connectivity index (χ0) is 9.26. The maximum absolute atomic E-state index is 5.71. The Labute approximate surface area is 82.8 Å². The third-order valence-electron chi connectivity index (χ3n) is 2.36. The standard InChI is InChI=1S/C9H12ClN3/c1-7-3-5-13(6-7)8-2-4-11-9(10)12-8/h2,4,7H,3,5-6H2,1H3. The number of hydrogen-bond acceptors (Lipinski definition) is 3. The minimum Gasteiger partial charge on any atom is -0.356 e. The molecule has 3 nitrogen and oxygen atoms in total. The van der Waals surface area contributed by atoms with E-state index in [1.54, 1.807) is 6.20 Å². The highest BCUT2D eigenvalue weighted by molar-refractivity contribution is 6.28. The molecular weight excluding hydrogens is 186 g/mol. The highest BCUT2D eigenvalue weighted by Gasteiger charge is 2.19. The Morgan fingerprint density at radius 3 is 3.08 bits per heavy atom. The summed E-state index contributed by atoms with van der Waals surface area (Å²) in [6, 6.07) is 1.91. The minimum atomic E-state index is 0.331. The van der Waals surface area contributed by atoms with Crippen molar-refractivity contribution in [1.82, 2.24) is 9.97 Å². The normalized spacial score (nSPS) is 22.3. The third-order valence-corrected chi connectivity index (χ3v) is 2.54. The Hall–Kier alpha value is -0.830. The summed E-state index contributed by atoms with van der Waals surface area (Å²) in [6.07, 6.45) is 2.94. The summed E-state index contributed by atoms with van der Waals surface area (Å²) in [5.74, 6) is 1.71. The molecule has 0 radical (unpaired) electrons. The topological polar surface area (TPSA) is 29.0 Å². The molecule has 0 saturated carbocycles. The van der Waals surface area contributed by atoms with Crippen molar-refractivity contribution < 1.29 is 0 Å². The van der Waals surface area contributed by atoms with Crippen molar-refractivity contribution in [2.75, 3.05) is 18.0 Å². The molecule has 4 heteroatoms.